The van der Waals surface area contributed by atoms with E-state index < -0.39 is 6.04 Å². The van der Waals surface area contributed by atoms with E-state index in [2.05, 4.69) is 10.1 Å². The molecule has 132 valence electrons. The molecule has 6 heteroatoms. The van der Waals surface area contributed by atoms with Crippen LogP contribution in [-0.2, 0) is 14.3 Å². The normalized spacial score (nSPS) is 11.4. The lowest BCUT2D eigenvalue weighted by atomic mass is 10.1. The molecular weight excluding hydrogens is 320 g/mol. The fourth-order valence-electron chi connectivity index (χ4n) is 2.17. The molecule has 0 spiro atoms. The van der Waals surface area contributed by atoms with Crippen LogP contribution >= 0.6 is 0 Å². The van der Waals surface area contributed by atoms with Crippen molar-refractivity contribution in [2.45, 2.75) is 18.9 Å². The van der Waals surface area contributed by atoms with Crippen LogP contribution in [0.1, 0.15) is 24.4 Å². The van der Waals surface area contributed by atoms with Gasteiger partial charge in [-0.25, -0.2) is 0 Å². The molecule has 1 amide bonds. The molecule has 3 N–H and O–H groups in total. The van der Waals surface area contributed by atoms with Gasteiger partial charge >= 0.3 is 5.97 Å². The molecule has 2 rings (SSSR count). The third-order valence-corrected chi connectivity index (χ3v) is 3.58. The molecule has 1 atom stereocenters. The van der Waals surface area contributed by atoms with Crippen molar-refractivity contribution in [1.82, 2.24) is 0 Å². The summed E-state index contributed by atoms with van der Waals surface area (Å²) in [5, 5.41) is 2.78. The van der Waals surface area contributed by atoms with E-state index in [0.29, 0.717) is 30.9 Å². The third kappa shape index (κ3) is 5.93. The molecule has 0 aromatic heterocycles. The van der Waals surface area contributed by atoms with Crippen LogP contribution in [0, 0.1) is 0 Å². The number of hydrogen-bond donors (Lipinski definition) is 2. The molecule has 25 heavy (non-hydrogen) atoms. The summed E-state index contributed by atoms with van der Waals surface area (Å²) in [6.45, 7) is 0.416. The number of carbonyl (C=O) groups excluding carboxylic acids is 2. The molecule has 0 heterocycles. The highest BCUT2D eigenvalue weighted by atomic mass is 16.5. The maximum absolute atomic E-state index is 12.2. The van der Waals surface area contributed by atoms with Crippen molar-refractivity contribution in [3.05, 3.63) is 60.2 Å². The first-order chi connectivity index (χ1) is 12.1. The van der Waals surface area contributed by atoms with Gasteiger partial charge in [0.1, 0.15) is 11.8 Å². The number of methoxy groups -OCH3 is 1. The van der Waals surface area contributed by atoms with Crippen molar-refractivity contribution in [2.75, 3.05) is 19.0 Å². The average molecular weight is 342 g/mol. The minimum Gasteiger partial charge on any atom is -0.494 e. The van der Waals surface area contributed by atoms with Crippen LogP contribution in [0.5, 0.6) is 5.75 Å². The smallest absolute Gasteiger partial charge is 0.305 e. The van der Waals surface area contributed by atoms with Crippen LogP contribution in [-0.4, -0.2) is 25.6 Å². The largest absolute Gasteiger partial charge is 0.494 e. The first-order valence-electron chi connectivity index (χ1n) is 8.01. The topological polar surface area (TPSA) is 90.6 Å². The first kappa shape index (κ1) is 18.5. The van der Waals surface area contributed by atoms with Crippen LogP contribution in [0.4, 0.5) is 5.69 Å². The highest BCUT2D eigenvalue weighted by Crippen LogP contribution is 2.18. The molecule has 0 saturated carbocycles. The number of amides is 1. The Labute approximate surface area is 146 Å². The second-order valence-corrected chi connectivity index (χ2v) is 5.43. The molecule has 6 nitrogen and oxygen atoms in total. The molecule has 0 radical (unpaired) electrons. The summed E-state index contributed by atoms with van der Waals surface area (Å²) in [6.07, 6.45) is 0.902. The average Bonchev–Trinajstić information content (AvgIpc) is 2.66. The summed E-state index contributed by atoms with van der Waals surface area (Å²) in [5.74, 6) is 0.129. The fourth-order valence-corrected chi connectivity index (χ4v) is 2.17. The molecule has 0 aliphatic carbocycles. The highest BCUT2D eigenvalue weighted by molar-refractivity contribution is 5.95. The predicted molar refractivity (Wildman–Crippen MR) is 95.2 cm³/mol. The van der Waals surface area contributed by atoms with Gasteiger partial charge in [-0.3, -0.25) is 9.59 Å². The van der Waals surface area contributed by atoms with Crippen LogP contribution < -0.4 is 15.8 Å². The van der Waals surface area contributed by atoms with Gasteiger partial charge in [0.2, 0.25) is 5.91 Å². The fraction of sp³-hybridized carbons (Fsp3) is 0.263. The summed E-state index contributed by atoms with van der Waals surface area (Å²) < 4.78 is 10.1. The van der Waals surface area contributed by atoms with Gasteiger partial charge in [-0.05, 0) is 36.2 Å². The molecule has 0 aliphatic rings. The van der Waals surface area contributed by atoms with Crippen LogP contribution in [0.15, 0.2) is 54.6 Å². The summed E-state index contributed by atoms with van der Waals surface area (Å²) >= 11 is 0. The zero-order chi connectivity index (χ0) is 18.1. The van der Waals surface area contributed by atoms with Gasteiger partial charge in [0.05, 0.1) is 13.7 Å². The second-order valence-electron chi connectivity index (χ2n) is 5.43. The van der Waals surface area contributed by atoms with Crippen molar-refractivity contribution < 1.29 is 19.1 Å². The zero-order valence-corrected chi connectivity index (χ0v) is 14.1. The Bertz CT molecular complexity index is 686. The number of rotatable bonds is 8. The highest BCUT2D eigenvalue weighted by Gasteiger charge is 2.15. The third-order valence-electron chi connectivity index (χ3n) is 3.58. The monoisotopic (exact) mass is 342 g/mol. The molecule has 0 saturated heterocycles. The van der Waals surface area contributed by atoms with E-state index in [1.54, 1.807) is 24.3 Å². The van der Waals surface area contributed by atoms with Gasteiger partial charge < -0.3 is 20.5 Å². The quantitative estimate of drug-likeness (QED) is 0.568. The van der Waals surface area contributed by atoms with Crippen molar-refractivity contribution >= 4 is 17.6 Å². The van der Waals surface area contributed by atoms with Gasteiger partial charge in [0, 0.05) is 12.1 Å². The Balaban J connectivity index is 1.81. The summed E-state index contributed by atoms with van der Waals surface area (Å²) in [7, 11) is 1.36. The van der Waals surface area contributed by atoms with Crippen LogP contribution in [0.3, 0.4) is 0 Å². The maximum atomic E-state index is 12.2. The number of nitrogens with two attached hydrogens (primary N) is 1. The van der Waals surface area contributed by atoms with Crippen LogP contribution in [0.2, 0.25) is 0 Å². The summed E-state index contributed by atoms with van der Waals surface area (Å²) in [5.41, 5.74) is 7.35. The predicted octanol–water partition coefficient (Wildman–Crippen LogP) is 2.66. The number of carbonyl (C=O) groups is 2. The Kier molecular flexibility index (Phi) is 6.98. The lowest BCUT2D eigenvalue weighted by Gasteiger charge is -2.13. The lowest BCUT2D eigenvalue weighted by molar-refractivity contribution is -0.140. The number of anilines is 1. The molecule has 0 fully saturated rings. The van der Waals surface area contributed by atoms with Gasteiger partial charge in [-0.1, -0.05) is 30.3 Å². The van der Waals surface area contributed by atoms with E-state index in [1.165, 1.54) is 7.11 Å². The van der Waals surface area contributed by atoms with E-state index in [4.69, 9.17) is 10.5 Å². The van der Waals surface area contributed by atoms with Crippen molar-refractivity contribution in [3.8, 4) is 5.75 Å². The number of ether oxygens (including phenoxy) is 2. The summed E-state index contributed by atoms with van der Waals surface area (Å²) in [6, 6.07) is 15.4. The maximum Gasteiger partial charge on any atom is 0.305 e. The molecular formula is C19H22N2O4. The van der Waals surface area contributed by atoms with Crippen LogP contribution in [0.25, 0.3) is 0 Å². The second kappa shape index (κ2) is 9.44. The lowest BCUT2D eigenvalue weighted by Crippen LogP contribution is -2.27. The molecule has 0 aliphatic heterocycles. The molecule has 0 bridgehead atoms. The zero-order valence-electron chi connectivity index (χ0n) is 14.1. The van der Waals surface area contributed by atoms with Gasteiger partial charge in [-0.15, -0.1) is 0 Å². The summed E-state index contributed by atoms with van der Waals surface area (Å²) in [4.78, 5) is 23.2. The number of hydrogen-bond acceptors (Lipinski definition) is 5. The van der Waals surface area contributed by atoms with E-state index in [-0.39, 0.29) is 11.9 Å². The van der Waals surface area contributed by atoms with Crippen molar-refractivity contribution in [2.24, 2.45) is 5.73 Å². The first-order valence-corrected chi connectivity index (χ1v) is 8.01. The number of esters is 1. The van der Waals surface area contributed by atoms with Crippen molar-refractivity contribution in [3.63, 3.8) is 0 Å². The molecule has 1 unspecified atom stereocenters. The van der Waals surface area contributed by atoms with Gasteiger partial charge in [-0.2, -0.15) is 0 Å². The number of benzene rings is 2. The molecule has 2 aromatic rings. The Morgan fingerprint density at radius 2 is 1.76 bits per heavy atom. The van der Waals surface area contributed by atoms with Gasteiger partial charge in [0.25, 0.3) is 0 Å². The standard InChI is InChI=1S/C19H22N2O4/c1-24-17(22)8-5-13-25-16-11-9-15(10-12-16)21-19(23)18(20)14-6-3-2-4-7-14/h2-4,6-7,9-12,18H,5,8,13,20H2,1H3,(H,21,23). The molecule has 2 aromatic carbocycles. The minimum atomic E-state index is -0.726. The Morgan fingerprint density at radius 3 is 2.40 bits per heavy atom. The van der Waals surface area contributed by atoms with E-state index >= 15 is 0 Å². The Hall–Kier alpha value is -2.86. The van der Waals surface area contributed by atoms with E-state index in [1.807, 2.05) is 30.3 Å². The van der Waals surface area contributed by atoms with Crippen molar-refractivity contribution in [1.29, 1.82) is 0 Å². The van der Waals surface area contributed by atoms with E-state index in [0.717, 1.165) is 5.56 Å². The minimum absolute atomic E-state index is 0.253. The Morgan fingerprint density at radius 1 is 1.08 bits per heavy atom. The van der Waals surface area contributed by atoms with E-state index in [9.17, 15) is 9.59 Å². The SMILES string of the molecule is COC(=O)CCCOc1ccc(NC(=O)C(N)c2ccccc2)cc1. The van der Waals surface area contributed by atoms with Gasteiger partial charge in [0.15, 0.2) is 0 Å². The number of nitrogens with one attached hydrogen (secondary N) is 1.